The van der Waals surface area contributed by atoms with E-state index < -0.39 is 0 Å². The van der Waals surface area contributed by atoms with Crippen LogP contribution in [0.2, 0.25) is 0 Å². The fraction of sp³-hybridized carbons (Fsp3) is 0. The molecule has 16 aromatic rings. The predicted molar refractivity (Wildman–Crippen MR) is 298 cm³/mol. The minimum Gasteiger partial charge on any atom is -0.309 e. The molecule has 5 aromatic heterocycles. The van der Waals surface area contributed by atoms with Crippen molar-refractivity contribution in [1.82, 2.24) is 22.8 Å². The molecule has 0 saturated carbocycles. The number of hydrogen-bond acceptors (Lipinski definition) is 0. The first-order valence-electron chi connectivity index (χ1n) is 24.4. The van der Waals surface area contributed by atoms with Gasteiger partial charge in [-0.3, -0.25) is 0 Å². The lowest BCUT2D eigenvalue weighted by molar-refractivity contribution is 1.14. The summed E-state index contributed by atoms with van der Waals surface area (Å²) < 4.78 is 12.4. The molecule has 0 saturated heterocycles. The van der Waals surface area contributed by atoms with Gasteiger partial charge >= 0.3 is 0 Å². The highest BCUT2D eigenvalue weighted by Crippen LogP contribution is 2.45. The molecule has 0 amide bonds. The first kappa shape index (κ1) is 38.4. The molecule has 0 radical (unpaired) electrons. The molecule has 71 heavy (non-hydrogen) atoms. The molecular formula is C66H41N5. The van der Waals surface area contributed by atoms with Crippen molar-refractivity contribution < 1.29 is 0 Å². The molecule has 11 aromatic carbocycles. The number of rotatable bonds is 5. The molecule has 330 valence electrons. The second-order valence-electron chi connectivity index (χ2n) is 18.9. The Morgan fingerprint density at radius 3 is 0.732 bits per heavy atom. The molecule has 0 bridgehead atoms. The van der Waals surface area contributed by atoms with Gasteiger partial charge in [0.2, 0.25) is 0 Å². The van der Waals surface area contributed by atoms with E-state index in [1.807, 2.05) is 0 Å². The Labute approximate surface area is 407 Å². The Balaban J connectivity index is 1.03. The zero-order chi connectivity index (χ0) is 46.3. The Morgan fingerprint density at radius 2 is 0.408 bits per heavy atom. The van der Waals surface area contributed by atoms with E-state index in [4.69, 9.17) is 0 Å². The van der Waals surface area contributed by atoms with Crippen LogP contribution in [0.4, 0.5) is 0 Å². The van der Waals surface area contributed by atoms with Gasteiger partial charge in [0.25, 0.3) is 0 Å². The maximum absolute atomic E-state index is 2.52. The van der Waals surface area contributed by atoms with Gasteiger partial charge in [-0.2, -0.15) is 0 Å². The second-order valence-corrected chi connectivity index (χ2v) is 18.9. The normalized spacial score (nSPS) is 12.2. The highest BCUT2D eigenvalue weighted by molar-refractivity contribution is 6.26. The molecule has 0 unspecified atom stereocenters. The molecular weight excluding hydrogens is 863 g/mol. The van der Waals surface area contributed by atoms with E-state index in [2.05, 4.69) is 272 Å². The summed E-state index contributed by atoms with van der Waals surface area (Å²) >= 11 is 0. The summed E-state index contributed by atoms with van der Waals surface area (Å²) in [6.07, 6.45) is 0. The van der Waals surface area contributed by atoms with E-state index in [1.165, 1.54) is 98.0 Å². The Bertz CT molecular complexity index is 4560. The van der Waals surface area contributed by atoms with Crippen molar-refractivity contribution in [1.29, 1.82) is 0 Å². The fourth-order valence-electron chi connectivity index (χ4n) is 12.4. The summed E-state index contributed by atoms with van der Waals surface area (Å²) in [6, 6.07) is 91.5. The number of hydrogen-bond donors (Lipinski definition) is 0. The minimum absolute atomic E-state index is 1.12. The van der Waals surface area contributed by atoms with Crippen LogP contribution in [-0.4, -0.2) is 22.8 Å². The van der Waals surface area contributed by atoms with Crippen molar-refractivity contribution in [2.45, 2.75) is 0 Å². The topological polar surface area (TPSA) is 24.6 Å². The standard InChI is InChI=1S/C66H41N5/c1-4-18-42(19-5-1)67-61-38-32-45(70-59-30-16-12-26-49(59)53-36-34-51-47-24-10-14-28-57(47)68(63(51)65(53)70)43-20-6-2-7-21-43)40-55(61)56-41-46(33-39-62(56)67)71-60-31-17-13-27-50(60)54-37-35-52-48-25-11-15-29-58(48)69(64(52)66(54)71)44-22-8-3-9-23-44/h1-41H. The molecule has 0 aliphatic rings. The number of aromatic nitrogens is 5. The van der Waals surface area contributed by atoms with Gasteiger partial charge in [-0.15, -0.1) is 0 Å². The SMILES string of the molecule is c1ccc(-n2c3ccc(-n4c5ccccc5c5ccc6c7ccccc7n(-c7ccccc7)c6c54)cc3c3cc(-n4c5ccccc5c5ccc6c7ccccc7n(-c7ccccc7)c6c54)ccc32)cc1. The summed E-state index contributed by atoms with van der Waals surface area (Å²) in [5, 5.41) is 12.3. The Morgan fingerprint density at radius 1 is 0.155 bits per heavy atom. The van der Waals surface area contributed by atoms with Gasteiger partial charge in [0.05, 0.1) is 55.2 Å². The number of nitrogens with zero attached hydrogens (tertiary/aromatic N) is 5. The summed E-state index contributed by atoms with van der Waals surface area (Å²) in [5.41, 5.74) is 17.5. The maximum atomic E-state index is 2.52. The third kappa shape index (κ3) is 5.24. The van der Waals surface area contributed by atoms with Crippen molar-refractivity contribution in [2.24, 2.45) is 0 Å². The van der Waals surface area contributed by atoms with Crippen LogP contribution in [0, 0.1) is 0 Å². The largest absolute Gasteiger partial charge is 0.309 e. The van der Waals surface area contributed by atoms with Crippen LogP contribution in [0.1, 0.15) is 0 Å². The molecule has 5 nitrogen and oxygen atoms in total. The summed E-state index contributed by atoms with van der Waals surface area (Å²) in [6.45, 7) is 0. The summed E-state index contributed by atoms with van der Waals surface area (Å²) in [5.74, 6) is 0. The molecule has 16 rings (SSSR count). The first-order valence-corrected chi connectivity index (χ1v) is 24.4. The highest BCUT2D eigenvalue weighted by Gasteiger charge is 2.25. The lowest BCUT2D eigenvalue weighted by Gasteiger charge is -2.13. The smallest absolute Gasteiger partial charge is 0.0788 e. The van der Waals surface area contributed by atoms with E-state index in [9.17, 15) is 0 Å². The van der Waals surface area contributed by atoms with Crippen molar-refractivity contribution in [2.75, 3.05) is 0 Å². The fourth-order valence-corrected chi connectivity index (χ4v) is 12.4. The Kier molecular flexibility index (Phi) is 7.82. The zero-order valence-corrected chi connectivity index (χ0v) is 38.4. The number of fused-ring (bicyclic) bond motifs is 17. The predicted octanol–water partition coefficient (Wildman–Crippen LogP) is 17.2. The van der Waals surface area contributed by atoms with E-state index in [-0.39, 0.29) is 0 Å². The van der Waals surface area contributed by atoms with Crippen LogP contribution < -0.4 is 0 Å². The summed E-state index contributed by atoms with van der Waals surface area (Å²) in [7, 11) is 0. The molecule has 5 heterocycles. The molecule has 0 N–H and O–H groups in total. The third-order valence-corrected chi connectivity index (χ3v) is 15.2. The van der Waals surface area contributed by atoms with Gasteiger partial charge in [0.1, 0.15) is 0 Å². The second kappa shape index (κ2) is 14.5. The number of benzene rings is 11. The van der Waals surface area contributed by atoms with Gasteiger partial charge in [-0.1, -0.05) is 152 Å². The number of para-hydroxylation sites is 7. The zero-order valence-electron chi connectivity index (χ0n) is 38.4. The highest BCUT2D eigenvalue weighted by atomic mass is 15.1. The van der Waals surface area contributed by atoms with Crippen LogP contribution in [0.25, 0.3) is 137 Å². The molecule has 0 aliphatic heterocycles. The van der Waals surface area contributed by atoms with Crippen molar-refractivity contribution >= 4 is 109 Å². The molecule has 0 aliphatic carbocycles. The summed E-state index contributed by atoms with van der Waals surface area (Å²) in [4.78, 5) is 0. The quantitative estimate of drug-likeness (QED) is 0.164. The van der Waals surface area contributed by atoms with Gasteiger partial charge < -0.3 is 22.8 Å². The van der Waals surface area contributed by atoms with Crippen molar-refractivity contribution in [3.05, 3.63) is 249 Å². The average molecular weight is 904 g/mol. The van der Waals surface area contributed by atoms with Gasteiger partial charge in [-0.05, 0) is 97.1 Å². The molecule has 0 spiro atoms. The first-order chi connectivity index (χ1) is 35.3. The van der Waals surface area contributed by atoms with Crippen molar-refractivity contribution in [3.63, 3.8) is 0 Å². The van der Waals surface area contributed by atoms with Gasteiger partial charge in [-0.25, -0.2) is 0 Å². The lowest BCUT2D eigenvalue weighted by atomic mass is 10.1. The Hall–Kier alpha value is -9.58. The van der Waals surface area contributed by atoms with Crippen LogP contribution in [0.3, 0.4) is 0 Å². The van der Waals surface area contributed by atoms with Gasteiger partial charge in [0, 0.05) is 82.3 Å². The van der Waals surface area contributed by atoms with Gasteiger partial charge in [0.15, 0.2) is 0 Å². The maximum Gasteiger partial charge on any atom is 0.0788 e. The molecule has 0 atom stereocenters. The average Bonchev–Trinajstić information content (AvgIpc) is 4.24. The van der Waals surface area contributed by atoms with Crippen LogP contribution in [-0.2, 0) is 0 Å². The van der Waals surface area contributed by atoms with Crippen molar-refractivity contribution in [3.8, 4) is 28.4 Å². The lowest BCUT2D eigenvalue weighted by Crippen LogP contribution is -1.99. The molecule has 5 heteroatoms. The van der Waals surface area contributed by atoms with E-state index in [1.54, 1.807) is 0 Å². The van der Waals surface area contributed by atoms with E-state index in [0.717, 1.165) is 39.5 Å². The van der Waals surface area contributed by atoms with E-state index >= 15 is 0 Å². The molecule has 0 fully saturated rings. The monoisotopic (exact) mass is 903 g/mol. The van der Waals surface area contributed by atoms with E-state index in [0.29, 0.717) is 0 Å². The van der Waals surface area contributed by atoms with Crippen LogP contribution >= 0.6 is 0 Å². The van der Waals surface area contributed by atoms with Crippen LogP contribution in [0.5, 0.6) is 0 Å². The van der Waals surface area contributed by atoms with Crippen LogP contribution in [0.15, 0.2) is 249 Å². The third-order valence-electron chi connectivity index (χ3n) is 15.2. The minimum atomic E-state index is 1.12.